The molecule has 0 radical (unpaired) electrons. The minimum atomic E-state index is -0.566. The molecule has 334 valence electrons. The van der Waals surface area contributed by atoms with Gasteiger partial charge in [0.25, 0.3) is 0 Å². The summed E-state index contributed by atoms with van der Waals surface area (Å²) in [6.45, 7) is 17.3. The Bertz CT molecular complexity index is 1290. The van der Waals surface area contributed by atoms with Crippen LogP contribution in [0.4, 0.5) is 0 Å². The van der Waals surface area contributed by atoms with E-state index in [9.17, 15) is 24.0 Å². The zero-order chi connectivity index (χ0) is 44.4. The summed E-state index contributed by atoms with van der Waals surface area (Å²) >= 11 is 0. The number of carbonyl (C=O) groups excluding carboxylic acids is 5. The van der Waals surface area contributed by atoms with Gasteiger partial charge in [-0.05, 0) is 64.1 Å². The molecule has 0 aromatic heterocycles. The van der Waals surface area contributed by atoms with Crippen molar-refractivity contribution in [1.29, 1.82) is 0 Å². The molecule has 1 aromatic rings. The monoisotopic (exact) mass is 821 g/mol. The molecule has 14 heteroatoms. The van der Waals surface area contributed by atoms with E-state index in [4.69, 9.17) is 14.6 Å². The minimum absolute atomic E-state index is 0.0280. The normalized spacial score (nSPS) is 17.2. The van der Waals surface area contributed by atoms with Crippen molar-refractivity contribution in [2.75, 3.05) is 61.6 Å². The fraction of sp³-hybridized carbons (Fsp3) is 0.750. The van der Waals surface area contributed by atoms with Crippen molar-refractivity contribution in [3.8, 4) is 0 Å². The van der Waals surface area contributed by atoms with E-state index < -0.39 is 24.2 Å². The summed E-state index contributed by atoms with van der Waals surface area (Å²) in [6, 6.07) is 8.99. The highest BCUT2D eigenvalue weighted by molar-refractivity contribution is 5.87. The molecule has 0 bridgehead atoms. The lowest BCUT2D eigenvalue weighted by Crippen LogP contribution is -2.55. The Hall–Kier alpha value is -3.59. The van der Waals surface area contributed by atoms with Crippen molar-refractivity contribution < 1.29 is 38.6 Å². The maximum atomic E-state index is 14.0. The number of nitrogens with zero attached hydrogens (tertiary/aromatic N) is 3. The van der Waals surface area contributed by atoms with Crippen LogP contribution in [0.2, 0.25) is 0 Å². The van der Waals surface area contributed by atoms with E-state index in [1.807, 2.05) is 95.8 Å². The molecule has 2 rings (SSSR count). The maximum Gasteiger partial charge on any atom is 0.242 e. The van der Waals surface area contributed by atoms with Gasteiger partial charge in [0.2, 0.25) is 30.0 Å². The molecule has 1 heterocycles. The van der Waals surface area contributed by atoms with Gasteiger partial charge in [-0.3, -0.25) is 28.9 Å². The third-order valence-corrected chi connectivity index (χ3v) is 10.5. The number of benzene rings is 1. The molecule has 1 aromatic carbocycles. The Kier molecular flexibility index (Phi) is 28.6. The molecule has 1 saturated heterocycles. The number of carbonyl (C=O) groups is 5. The van der Waals surface area contributed by atoms with Gasteiger partial charge in [0.1, 0.15) is 0 Å². The number of methoxy groups -OCH3 is 2. The fourth-order valence-corrected chi connectivity index (χ4v) is 7.48. The quantitative estimate of drug-likeness (QED) is 0.0946. The van der Waals surface area contributed by atoms with E-state index >= 15 is 0 Å². The van der Waals surface area contributed by atoms with Crippen molar-refractivity contribution in [3.05, 3.63) is 35.9 Å². The second-order valence-electron chi connectivity index (χ2n) is 16.0. The van der Waals surface area contributed by atoms with Gasteiger partial charge in [-0.1, -0.05) is 91.6 Å². The molecule has 0 spiro atoms. The van der Waals surface area contributed by atoms with Crippen LogP contribution >= 0.6 is 0 Å². The number of likely N-dealkylation sites (tertiary alicyclic amines) is 1. The van der Waals surface area contributed by atoms with Crippen LogP contribution in [-0.4, -0.2) is 148 Å². The summed E-state index contributed by atoms with van der Waals surface area (Å²) in [7, 11) is 8.58. The standard InChI is InChI=1S/C37H63N5O6.C4H9NO2.C3H8/c1-12-25(4)34(41(9)32(44)23-38-37(46)33(24(2)3)40(7)8)30(47-10)22-31(43)42-20-16-19-29(42)35(48-11)27(6)36(45)39-26(5)21-28-17-14-13-15-18-28;6-3-1-2-5-4-7;1-3-2/h13-15,17-18,24-27,29-30,33-35H,12,16,19-23H2,1-11H3,(H,38,46)(H,39,45);4,6H,1-3H2,(H,5,7);3H2,1-2H3. The summed E-state index contributed by atoms with van der Waals surface area (Å²) in [4.78, 5) is 68.4. The molecular weight excluding hydrogens is 741 g/mol. The lowest BCUT2D eigenvalue weighted by atomic mass is 9.90. The number of aliphatic hydroxyl groups excluding tert-OH is 1. The van der Waals surface area contributed by atoms with E-state index in [-0.39, 0.29) is 73.2 Å². The molecule has 1 fully saturated rings. The Morgan fingerprint density at radius 2 is 1.59 bits per heavy atom. The van der Waals surface area contributed by atoms with E-state index in [1.54, 1.807) is 26.2 Å². The number of aliphatic hydroxyl groups is 1. The van der Waals surface area contributed by atoms with E-state index in [1.165, 1.54) is 6.42 Å². The Morgan fingerprint density at radius 3 is 2.09 bits per heavy atom. The van der Waals surface area contributed by atoms with Crippen molar-refractivity contribution in [2.45, 2.75) is 137 Å². The Morgan fingerprint density at radius 1 is 0.966 bits per heavy atom. The van der Waals surface area contributed by atoms with Crippen molar-refractivity contribution in [1.82, 2.24) is 30.7 Å². The van der Waals surface area contributed by atoms with Crippen LogP contribution in [0.25, 0.3) is 0 Å². The van der Waals surface area contributed by atoms with Gasteiger partial charge in [0.15, 0.2) is 0 Å². The average Bonchev–Trinajstić information content (AvgIpc) is 3.67. The highest BCUT2D eigenvalue weighted by Gasteiger charge is 2.42. The van der Waals surface area contributed by atoms with Crippen molar-refractivity contribution >= 4 is 30.0 Å². The summed E-state index contributed by atoms with van der Waals surface area (Å²) in [6.07, 6.45) is 4.58. The molecule has 1 aliphatic heterocycles. The van der Waals surface area contributed by atoms with Crippen LogP contribution in [0.1, 0.15) is 99.5 Å². The Balaban J connectivity index is 0.00000288. The molecule has 1 aliphatic rings. The first-order chi connectivity index (χ1) is 27.5. The first kappa shape index (κ1) is 54.4. The number of hydrogen-bond donors (Lipinski definition) is 4. The SMILES string of the molecule is CCC.CCC(C)C(C(CC(=O)N1CCCC1C(OC)C(C)C(=O)NC(C)Cc1ccccc1)OC)N(C)C(=O)CNC(=O)C(C(C)C)N(C)C.O=CNCCCO. The summed E-state index contributed by atoms with van der Waals surface area (Å²) in [5.74, 6) is -1.00. The topological polar surface area (TPSA) is 170 Å². The lowest BCUT2D eigenvalue weighted by molar-refractivity contribution is -0.146. The van der Waals surface area contributed by atoms with Gasteiger partial charge in [0.05, 0.1) is 49.2 Å². The first-order valence-electron chi connectivity index (χ1n) is 21.2. The number of likely N-dealkylation sites (N-methyl/N-ethyl adjacent to an activating group) is 2. The molecule has 0 saturated carbocycles. The van der Waals surface area contributed by atoms with Gasteiger partial charge in [-0.15, -0.1) is 0 Å². The van der Waals surface area contributed by atoms with Crippen LogP contribution in [0, 0.1) is 17.8 Å². The number of amides is 5. The van der Waals surface area contributed by atoms with Crippen LogP contribution in [0.15, 0.2) is 30.3 Å². The van der Waals surface area contributed by atoms with Gasteiger partial charge in [0, 0.05) is 47.0 Å². The van der Waals surface area contributed by atoms with Gasteiger partial charge >= 0.3 is 0 Å². The molecule has 0 aliphatic carbocycles. The summed E-state index contributed by atoms with van der Waals surface area (Å²) in [5.41, 5.74) is 1.15. The second kappa shape index (κ2) is 30.5. The minimum Gasteiger partial charge on any atom is -0.396 e. The highest BCUT2D eigenvalue weighted by Crippen LogP contribution is 2.29. The first-order valence-corrected chi connectivity index (χ1v) is 21.2. The fourth-order valence-electron chi connectivity index (χ4n) is 7.48. The molecule has 58 heavy (non-hydrogen) atoms. The van der Waals surface area contributed by atoms with Gasteiger partial charge in [-0.25, -0.2) is 0 Å². The van der Waals surface area contributed by atoms with E-state index in [0.29, 0.717) is 25.9 Å². The zero-order valence-corrected chi connectivity index (χ0v) is 38.1. The molecule has 5 amide bonds. The predicted octanol–water partition coefficient (Wildman–Crippen LogP) is 3.89. The maximum absolute atomic E-state index is 14.0. The summed E-state index contributed by atoms with van der Waals surface area (Å²) in [5, 5.41) is 16.5. The summed E-state index contributed by atoms with van der Waals surface area (Å²) < 4.78 is 11.9. The smallest absolute Gasteiger partial charge is 0.242 e. The highest BCUT2D eigenvalue weighted by atomic mass is 16.5. The number of hydrogen-bond acceptors (Lipinski definition) is 9. The van der Waals surface area contributed by atoms with Crippen LogP contribution in [0.5, 0.6) is 0 Å². The third-order valence-electron chi connectivity index (χ3n) is 10.5. The molecule has 8 unspecified atom stereocenters. The van der Waals surface area contributed by atoms with Crippen LogP contribution in [-0.2, 0) is 39.9 Å². The predicted molar refractivity (Wildman–Crippen MR) is 231 cm³/mol. The number of nitrogens with one attached hydrogen (secondary N) is 3. The molecular formula is C44H80N6O8. The Labute approximate surface area is 350 Å². The van der Waals surface area contributed by atoms with E-state index in [2.05, 4.69) is 29.8 Å². The van der Waals surface area contributed by atoms with Gasteiger partial charge < -0.3 is 40.3 Å². The zero-order valence-electron chi connectivity index (χ0n) is 38.1. The van der Waals surface area contributed by atoms with Crippen LogP contribution < -0.4 is 16.0 Å². The van der Waals surface area contributed by atoms with Crippen molar-refractivity contribution in [2.24, 2.45) is 17.8 Å². The second-order valence-corrected chi connectivity index (χ2v) is 16.0. The molecule has 14 nitrogen and oxygen atoms in total. The van der Waals surface area contributed by atoms with Crippen LogP contribution in [0.3, 0.4) is 0 Å². The molecule has 4 N–H and O–H groups in total. The average molecular weight is 821 g/mol. The van der Waals surface area contributed by atoms with E-state index in [0.717, 1.165) is 31.2 Å². The third kappa shape index (κ3) is 19.0. The molecule has 8 atom stereocenters. The number of rotatable bonds is 23. The number of ether oxygens (including phenoxy) is 2. The lowest BCUT2D eigenvalue weighted by Gasteiger charge is -2.39. The largest absolute Gasteiger partial charge is 0.396 e. The van der Waals surface area contributed by atoms with Crippen molar-refractivity contribution in [3.63, 3.8) is 0 Å². The van der Waals surface area contributed by atoms with Gasteiger partial charge in [-0.2, -0.15) is 0 Å².